The van der Waals surface area contributed by atoms with E-state index >= 15 is 4.57 Å². The molecule has 8 rings (SSSR count). The highest BCUT2D eigenvalue weighted by molar-refractivity contribution is 7.52. The standard InChI is InChI=1S/C40H48N6O14P2/c1-22(2)36(47)58-34-33-31(59-40(34,19-41)32-12-11-29-35(42)45(20-43-46(29)32)21-55-62(51,52)53)18-54-61(50,44-24(4)38(49)56-27-16-39(17-27)13-6-14-39)60-30-8-5-7-25-9-10-26(15-28(25)30)23(3)37(48)57-33/h5,7-12,15,20,22-24,27,31,33-35H,6,13-14,16-18,21,42H2,1-4H3,(H,44,50)(H2,51,52,53)/t23?,24-,31+,33+,34+,35?,40-,61?/m0/s1. The van der Waals surface area contributed by atoms with Gasteiger partial charge < -0.3 is 43.9 Å². The zero-order valence-corrected chi connectivity index (χ0v) is 36.1. The van der Waals surface area contributed by atoms with Crippen LogP contribution in [0.1, 0.15) is 88.8 Å². The van der Waals surface area contributed by atoms with E-state index in [-0.39, 0.29) is 28.7 Å². The highest BCUT2D eigenvalue weighted by Crippen LogP contribution is 2.57. The Bertz CT molecular complexity index is 2440. The van der Waals surface area contributed by atoms with Crippen molar-refractivity contribution in [2.45, 2.75) is 108 Å². The molecule has 5 aliphatic rings. The van der Waals surface area contributed by atoms with Crippen molar-refractivity contribution in [1.82, 2.24) is 14.7 Å². The van der Waals surface area contributed by atoms with Crippen LogP contribution in [-0.4, -0.2) is 87.4 Å². The molecule has 20 nitrogen and oxygen atoms in total. The molecule has 2 bridgehead atoms. The van der Waals surface area contributed by atoms with E-state index < -0.39 is 94.8 Å². The average Bonchev–Trinajstić information content (AvgIpc) is 3.76. The van der Waals surface area contributed by atoms with Gasteiger partial charge in [0.2, 0.25) is 5.60 Å². The summed E-state index contributed by atoms with van der Waals surface area (Å²) >= 11 is 0. The Labute approximate surface area is 356 Å². The van der Waals surface area contributed by atoms with Crippen molar-refractivity contribution in [2.24, 2.45) is 22.2 Å². The number of hydrogen-bond donors (Lipinski definition) is 4. The number of phosphoric acid groups is 1. The first kappa shape index (κ1) is 44.0. The number of hydrogen-bond acceptors (Lipinski definition) is 16. The van der Waals surface area contributed by atoms with Crippen molar-refractivity contribution in [3.05, 3.63) is 65.5 Å². The number of carbonyl (C=O) groups excluding carboxylic acids is 3. The van der Waals surface area contributed by atoms with E-state index in [1.807, 2.05) is 0 Å². The average molecular weight is 899 g/mol. The van der Waals surface area contributed by atoms with E-state index in [9.17, 15) is 34.0 Å². The molecule has 2 saturated carbocycles. The number of nitrogens with one attached hydrogen (secondary N) is 1. The molecule has 2 aliphatic carbocycles. The summed E-state index contributed by atoms with van der Waals surface area (Å²) in [7, 11) is -9.52. The summed E-state index contributed by atoms with van der Waals surface area (Å²) < 4.78 is 69.1. The maximum Gasteiger partial charge on any atom is 0.471 e. The second-order valence-electron chi connectivity index (χ2n) is 16.8. The summed E-state index contributed by atoms with van der Waals surface area (Å²) in [5, 5.41) is 19.4. The minimum absolute atomic E-state index is 0.0375. The Hall–Kier alpha value is -4.67. The summed E-state index contributed by atoms with van der Waals surface area (Å²) in [6.07, 6.45) is -0.165. The van der Waals surface area contributed by atoms with E-state index in [4.69, 9.17) is 33.7 Å². The number of rotatable bonds is 10. The summed E-state index contributed by atoms with van der Waals surface area (Å²) in [6.45, 7) is 4.85. The Kier molecular flexibility index (Phi) is 11.7. The van der Waals surface area contributed by atoms with Gasteiger partial charge in [-0.25, -0.2) is 13.8 Å². The Balaban J connectivity index is 1.17. The van der Waals surface area contributed by atoms with Gasteiger partial charge in [0.1, 0.15) is 49.3 Å². The second kappa shape index (κ2) is 16.5. The molecule has 3 unspecified atom stereocenters. The molecule has 62 heavy (non-hydrogen) atoms. The Morgan fingerprint density at radius 1 is 1.13 bits per heavy atom. The molecule has 332 valence electrons. The molecule has 1 spiro atoms. The predicted molar refractivity (Wildman–Crippen MR) is 216 cm³/mol. The number of fused-ring (bicyclic) bond motifs is 3. The molecule has 2 aromatic carbocycles. The lowest BCUT2D eigenvalue weighted by molar-refractivity contribution is -0.172. The normalized spacial score (nSPS) is 29.8. The molecule has 0 radical (unpaired) electrons. The molecule has 8 atom stereocenters. The molecule has 1 aromatic heterocycles. The molecular weight excluding hydrogens is 850 g/mol. The molecule has 5 N–H and O–H groups in total. The van der Waals surface area contributed by atoms with Gasteiger partial charge in [0.25, 0.3) is 0 Å². The number of aromatic nitrogens is 1. The molecule has 4 heterocycles. The fraction of sp³-hybridized carbons (Fsp3) is 0.525. The van der Waals surface area contributed by atoms with Crippen molar-refractivity contribution >= 4 is 50.6 Å². The number of carbonyl (C=O) groups is 3. The first-order valence-electron chi connectivity index (χ1n) is 20.3. The first-order valence-corrected chi connectivity index (χ1v) is 23.3. The van der Waals surface area contributed by atoms with Gasteiger partial charge >= 0.3 is 33.5 Å². The smallest absolute Gasteiger partial charge is 0.461 e. The minimum Gasteiger partial charge on any atom is -0.461 e. The van der Waals surface area contributed by atoms with Crippen LogP contribution in [-0.2, 0) is 57.1 Å². The third kappa shape index (κ3) is 8.29. The monoisotopic (exact) mass is 898 g/mol. The predicted octanol–water partition coefficient (Wildman–Crippen LogP) is 4.54. The van der Waals surface area contributed by atoms with Crippen molar-refractivity contribution < 1.29 is 65.8 Å². The number of phosphoric ester groups is 1. The Morgan fingerprint density at radius 3 is 2.56 bits per heavy atom. The van der Waals surface area contributed by atoms with Crippen LogP contribution in [0.5, 0.6) is 5.75 Å². The highest BCUT2D eigenvalue weighted by Gasteiger charge is 2.63. The fourth-order valence-electron chi connectivity index (χ4n) is 8.53. The van der Waals surface area contributed by atoms with Gasteiger partial charge in [0.15, 0.2) is 12.2 Å². The molecular formula is C40H48N6O14P2. The van der Waals surface area contributed by atoms with E-state index in [1.165, 1.54) is 28.6 Å². The van der Waals surface area contributed by atoms with Crippen LogP contribution in [0.15, 0.2) is 53.6 Å². The van der Waals surface area contributed by atoms with Gasteiger partial charge in [-0.15, -0.1) is 0 Å². The van der Waals surface area contributed by atoms with Crippen molar-refractivity contribution in [3.8, 4) is 11.8 Å². The molecule has 3 aromatic rings. The quantitative estimate of drug-likeness (QED) is 0.123. The molecule has 0 amide bonds. The zero-order valence-electron chi connectivity index (χ0n) is 34.3. The van der Waals surface area contributed by atoms with Crippen LogP contribution < -0.4 is 15.3 Å². The molecule has 22 heteroatoms. The van der Waals surface area contributed by atoms with E-state index in [0.29, 0.717) is 16.3 Å². The summed E-state index contributed by atoms with van der Waals surface area (Å²) in [6, 6.07) is 14.0. The fourth-order valence-corrected chi connectivity index (χ4v) is 10.3. The van der Waals surface area contributed by atoms with Gasteiger partial charge in [-0.05, 0) is 80.2 Å². The zero-order chi connectivity index (χ0) is 44.4. The lowest BCUT2D eigenvalue weighted by Crippen LogP contribution is -2.49. The van der Waals surface area contributed by atoms with Crippen LogP contribution in [0.3, 0.4) is 0 Å². The van der Waals surface area contributed by atoms with Gasteiger partial charge in [-0.1, -0.05) is 44.5 Å². The van der Waals surface area contributed by atoms with E-state index in [2.05, 4.69) is 20.8 Å². The third-order valence-electron chi connectivity index (χ3n) is 12.2. The van der Waals surface area contributed by atoms with Crippen molar-refractivity contribution in [3.63, 3.8) is 0 Å². The number of ether oxygens (including phenoxy) is 4. The topological polar surface area (TPSA) is 273 Å². The maximum absolute atomic E-state index is 15.1. The largest absolute Gasteiger partial charge is 0.471 e. The Morgan fingerprint density at radius 2 is 1.89 bits per heavy atom. The number of esters is 3. The molecule has 1 saturated heterocycles. The second-order valence-corrected chi connectivity index (χ2v) is 19.8. The van der Waals surface area contributed by atoms with E-state index in [0.717, 1.165) is 38.4 Å². The van der Waals surface area contributed by atoms with Crippen LogP contribution in [0.4, 0.5) is 0 Å². The van der Waals surface area contributed by atoms with Crippen LogP contribution >= 0.6 is 15.6 Å². The maximum atomic E-state index is 15.1. The van der Waals surface area contributed by atoms with Gasteiger partial charge in [0.05, 0.1) is 29.8 Å². The van der Waals surface area contributed by atoms with Crippen molar-refractivity contribution in [1.29, 1.82) is 5.26 Å². The lowest BCUT2D eigenvalue weighted by atomic mass is 9.55. The number of nitrogens with two attached hydrogens (primary N) is 1. The van der Waals surface area contributed by atoms with Crippen LogP contribution in [0.2, 0.25) is 0 Å². The molecule has 3 fully saturated rings. The third-order valence-corrected chi connectivity index (χ3v) is 14.3. The van der Waals surface area contributed by atoms with Gasteiger partial charge in [-0.3, -0.25) is 23.4 Å². The minimum atomic E-state index is -4.89. The van der Waals surface area contributed by atoms with Gasteiger partial charge in [0, 0.05) is 5.39 Å². The number of benzene rings is 2. The van der Waals surface area contributed by atoms with Crippen LogP contribution in [0.25, 0.3) is 10.8 Å². The van der Waals surface area contributed by atoms with Gasteiger partial charge in [-0.2, -0.15) is 15.5 Å². The van der Waals surface area contributed by atoms with E-state index in [1.54, 1.807) is 57.2 Å². The number of nitriles is 1. The number of nitrogens with zero attached hydrogens (tertiary/aromatic N) is 4. The summed E-state index contributed by atoms with van der Waals surface area (Å²) in [4.78, 5) is 60.8. The first-order chi connectivity index (χ1) is 29.3. The highest BCUT2D eigenvalue weighted by atomic mass is 31.2. The summed E-state index contributed by atoms with van der Waals surface area (Å²) in [5.74, 6) is -3.79. The summed E-state index contributed by atoms with van der Waals surface area (Å²) in [5.41, 5.74) is 5.01. The lowest BCUT2D eigenvalue weighted by Gasteiger charge is -2.53. The van der Waals surface area contributed by atoms with Crippen molar-refractivity contribution in [2.75, 3.05) is 13.3 Å². The molecule has 3 aliphatic heterocycles. The SMILES string of the molecule is CC(C)C(=O)O[C@@H]1[C@@H]2OC(=O)C(C)c3ccc4cccc(c4c3)OP(=O)(N[C@@H](C)C(=O)OC3CC4(CCC4)C3)OC[C@H]2O[C@@]1(C#N)c1ccc2n1N=CN(COP(=O)(O)O)C2N. The van der Waals surface area contributed by atoms with Crippen LogP contribution in [0, 0.1) is 22.7 Å².